The van der Waals surface area contributed by atoms with Crippen LogP contribution in [-0.2, 0) is 0 Å². The summed E-state index contributed by atoms with van der Waals surface area (Å²) in [7, 11) is -1.26. The van der Waals surface area contributed by atoms with Crippen LogP contribution in [-0.4, -0.2) is 22.2 Å². The maximum atomic E-state index is 9.27. The zero-order valence-corrected chi connectivity index (χ0v) is 8.38. The van der Waals surface area contributed by atoms with Gasteiger partial charge in [-0.25, -0.2) is 0 Å². The van der Waals surface area contributed by atoms with E-state index in [9.17, 15) is 10.0 Å². The van der Waals surface area contributed by atoms with Crippen LogP contribution in [0.3, 0.4) is 0 Å². The van der Waals surface area contributed by atoms with E-state index in [0.29, 0.717) is 5.92 Å². The van der Waals surface area contributed by atoms with E-state index in [0.717, 1.165) is 5.56 Å². The van der Waals surface area contributed by atoms with Crippen molar-refractivity contribution in [2.45, 2.75) is 25.6 Å². The van der Waals surface area contributed by atoms with Gasteiger partial charge in [0.1, 0.15) is 0 Å². The summed E-state index contributed by atoms with van der Waals surface area (Å²) in [5.41, 5.74) is 2.20. The predicted molar refractivity (Wildman–Crippen MR) is 54.7 cm³/mol. The van der Waals surface area contributed by atoms with E-state index in [4.69, 9.17) is 0 Å². The van der Waals surface area contributed by atoms with Gasteiger partial charge < -0.3 is 10.0 Å². The van der Waals surface area contributed by atoms with Crippen LogP contribution >= 0.6 is 0 Å². The first-order valence-corrected chi connectivity index (χ1v) is 4.93. The van der Waals surface area contributed by atoms with Gasteiger partial charge in [0.05, 0.1) is 0 Å². The third-order valence-electron chi connectivity index (χ3n) is 3.03. The number of nitrogens with zero attached hydrogens (tertiary/aromatic N) is 1. The molecule has 0 bridgehead atoms. The highest BCUT2D eigenvalue weighted by molar-refractivity contribution is 6.44. The lowest BCUT2D eigenvalue weighted by Gasteiger charge is -2.41. The van der Waals surface area contributed by atoms with Gasteiger partial charge >= 0.3 is 7.12 Å². The summed E-state index contributed by atoms with van der Waals surface area (Å²) in [5, 5.41) is 18.5. The fourth-order valence-electron chi connectivity index (χ4n) is 2.41. The van der Waals surface area contributed by atoms with Gasteiger partial charge in [0.25, 0.3) is 0 Å². The molecule has 0 amide bonds. The Balaban J connectivity index is 2.37. The Labute approximate surface area is 84.0 Å². The summed E-state index contributed by atoms with van der Waals surface area (Å²) in [6.07, 6.45) is 3.49. The lowest BCUT2D eigenvalue weighted by molar-refractivity contribution is 0.328. The molecule has 2 rings (SSSR count). The molecular formula is C10H14BNO2. The monoisotopic (exact) mass is 191 g/mol. The molecule has 0 saturated carbocycles. The minimum absolute atomic E-state index is 0.154. The van der Waals surface area contributed by atoms with Crippen molar-refractivity contribution < 1.29 is 10.0 Å². The molecule has 2 atom stereocenters. The minimum atomic E-state index is -1.26. The summed E-state index contributed by atoms with van der Waals surface area (Å²) in [4.78, 5) is 4.00. The number of hydrogen-bond donors (Lipinski definition) is 2. The van der Waals surface area contributed by atoms with E-state index in [1.54, 1.807) is 12.4 Å². The Morgan fingerprint density at radius 3 is 2.64 bits per heavy atom. The Kier molecular flexibility index (Phi) is 2.33. The van der Waals surface area contributed by atoms with Gasteiger partial charge in [-0.15, -0.1) is 0 Å². The molecule has 1 aliphatic rings. The number of fused-ring (bicyclic) bond motifs is 1. The molecule has 4 heteroatoms. The SMILES string of the molecule is CC(C)C1c2ccncc2C1B(O)O. The van der Waals surface area contributed by atoms with E-state index in [1.807, 2.05) is 6.07 Å². The largest absolute Gasteiger partial charge is 0.460 e. The first-order valence-electron chi connectivity index (χ1n) is 4.93. The quantitative estimate of drug-likeness (QED) is 0.683. The molecule has 1 aromatic heterocycles. The van der Waals surface area contributed by atoms with E-state index in [1.165, 1.54) is 5.56 Å². The van der Waals surface area contributed by atoms with Crippen LogP contribution in [0.1, 0.15) is 36.7 Å². The van der Waals surface area contributed by atoms with Crippen molar-refractivity contribution >= 4 is 7.12 Å². The second-order valence-electron chi connectivity index (χ2n) is 4.21. The van der Waals surface area contributed by atoms with Crippen LogP contribution in [0.5, 0.6) is 0 Å². The maximum absolute atomic E-state index is 9.27. The van der Waals surface area contributed by atoms with Crippen molar-refractivity contribution in [1.82, 2.24) is 4.98 Å². The fourth-order valence-corrected chi connectivity index (χ4v) is 2.41. The zero-order valence-electron chi connectivity index (χ0n) is 8.38. The van der Waals surface area contributed by atoms with Gasteiger partial charge in [0, 0.05) is 18.2 Å². The molecule has 1 aromatic rings. The summed E-state index contributed by atoms with van der Waals surface area (Å²) in [6.45, 7) is 4.20. The van der Waals surface area contributed by atoms with Crippen molar-refractivity contribution in [2.24, 2.45) is 5.92 Å². The maximum Gasteiger partial charge on any atom is 0.460 e. The Morgan fingerprint density at radius 2 is 2.07 bits per heavy atom. The van der Waals surface area contributed by atoms with Gasteiger partial charge in [-0.1, -0.05) is 13.8 Å². The summed E-state index contributed by atoms with van der Waals surface area (Å²) >= 11 is 0. The molecule has 74 valence electrons. The third kappa shape index (κ3) is 1.26. The molecular weight excluding hydrogens is 177 g/mol. The number of rotatable bonds is 2. The molecule has 14 heavy (non-hydrogen) atoms. The van der Waals surface area contributed by atoms with Crippen LogP contribution in [0.2, 0.25) is 0 Å². The molecule has 0 radical (unpaired) electrons. The molecule has 2 unspecified atom stereocenters. The van der Waals surface area contributed by atoms with Gasteiger partial charge in [0.15, 0.2) is 0 Å². The fraction of sp³-hybridized carbons (Fsp3) is 0.500. The molecule has 1 heterocycles. The average molecular weight is 191 g/mol. The molecule has 0 fully saturated rings. The molecule has 0 spiro atoms. The first-order chi connectivity index (χ1) is 6.63. The summed E-state index contributed by atoms with van der Waals surface area (Å²) in [5.74, 6) is 0.531. The zero-order chi connectivity index (χ0) is 10.3. The van der Waals surface area contributed by atoms with Gasteiger partial charge in [-0.2, -0.15) is 0 Å². The van der Waals surface area contributed by atoms with Crippen molar-refractivity contribution in [3.63, 3.8) is 0 Å². The smallest absolute Gasteiger partial charge is 0.427 e. The van der Waals surface area contributed by atoms with E-state index in [2.05, 4.69) is 18.8 Å². The van der Waals surface area contributed by atoms with Gasteiger partial charge in [-0.3, -0.25) is 4.98 Å². The Morgan fingerprint density at radius 1 is 1.36 bits per heavy atom. The Hall–Kier alpha value is -0.865. The van der Waals surface area contributed by atoms with E-state index in [-0.39, 0.29) is 11.7 Å². The topological polar surface area (TPSA) is 53.4 Å². The van der Waals surface area contributed by atoms with Crippen molar-refractivity contribution in [3.8, 4) is 0 Å². The lowest BCUT2D eigenvalue weighted by atomic mass is 9.50. The van der Waals surface area contributed by atoms with Gasteiger partial charge in [-0.05, 0) is 29.0 Å². The number of aromatic nitrogens is 1. The van der Waals surface area contributed by atoms with Crippen molar-refractivity contribution in [3.05, 3.63) is 29.6 Å². The third-order valence-corrected chi connectivity index (χ3v) is 3.03. The van der Waals surface area contributed by atoms with Crippen LogP contribution < -0.4 is 0 Å². The second-order valence-corrected chi connectivity index (χ2v) is 4.21. The lowest BCUT2D eigenvalue weighted by Crippen LogP contribution is -2.39. The molecule has 2 N–H and O–H groups in total. The molecule has 0 saturated heterocycles. The van der Waals surface area contributed by atoms with Crippen molar-refractivity contribution in [2.75, 3.05) is 0 Å². The highest BCUT2D eigenvalue weighted by Gasteiger charge is 2.45. The number of pyridine rings is 1. The van der Waals surface area contributed by atoms with Crippen LogP contribution in [0, 0.1) is 5.92 Å². The van der Waals surface area contributed by atoms with Crippen molar-refractivity contribution in [1.29, 1.82) is 0 Å². The van der Waals surface area contributed by atoms with E-state index < -0.39 is 7.12 Å². The predicted octanol–water partition coefficient (Wildman–Crippen LogP) is 0.930. The Bertz CT molecular complexity index is 308. The van der Waals surface area contributed by atoms with E-state index >= 15 is 0 Å². The van der Waals surface area contributed by atoms with Crippen LogP contribution in [0.15, 0.2) is 18.5 Å². The molecule has 0 aliphatic heterocycles. The highest BCUT2D eigenvalue weighted by atomic mass is 16.4. The summed E-state index contributed by atoms with van der Waals surface area (Å²) in [6, 6.07) is 1.97. The first kappa shape index (κ1) is 9.68. The molecule has 1 aliphatic carbocycles. The highest BCUT2D eigenvalue weighted by Crippen LogP contribution is 2.50. The molecule has 0 aromatic carbocycles. The minimum Gasteiger partial charge on any atom is -0.427 e. The standard InChI is InChI=1S/C10H14BNO2/c1-6(2)9-7-3-4-12-5-8(7)10(9)11(13)14/h3-6,9-10,13-14H,1-2H3. The van der Waals surface area contributed by atoms with Crippen LogP contribution in [0.4, 0.5) is 0 Å². The summed E-state index contributed by atoms with van der Waals surface area (Å²) < 4.78 is 0. The normalized spacial score (nSPS) is 24.4. The average Bonchev–Trinajstić information content (AvgIpc) is 2.05. The molecule has 3 nitrogen and oxygen atoms in total. The van der Waals surface area contributed by atoms with Gasteiger partial charge in [0.2, 0.25) is 0 Å². The second kappa shape index (κ2) is 3.37. The number of hydrogen-bond acceptors (Lipinski definition) is 3. The van der Waals surface area contributed by atoms with Crippen LogP contribution in [0.25, 0.3) is 0 Å².